The highest BCUT2D eigenvalue weighted by Gasteiger charge is 2.33. The molecule has 1 fully saturated rings. The molecule has 11 heteroatoms. The predicted molar refractivity (Wildman–Crippen MR) is 71.4 cm³/mol. The lowest BCUT2D eigenvalue weighted by molar-refractivity contribution is -0.0768. The third kappa shape index (κ3) is 2.93. The van der Waals surface area contributed by atoms with Crippen LogP contribution in [0.1, 0.15) is 12.8 Å². The van der Waals surface area contributed by atoms with Gasteiger partial charge in [0.15, 0.2) is 11.2 Å². The number of aromatic nitrogens is 4. The first-order chi connectivity index (χ1) is 10.0. The van der Waals surface area contributed by atoms with Crippen LogP contribution in [0.3, 0.4) is 0 Å². The van der Waals surface area contributed by atoms with Crippen LogP contribution in [0.5, 0.6) is 0 Å². The fourth-order valence-corrected chi connectivity index (χ4v) is 2.67. The highest BCUT2D eigenvalue weighted by Crippen LogP contribution is 2.29. The van der Waals surface area contributed by atoms with Gasteiger partial charge in [0.25, 0.3) is 5.56 Å². The number of aromatic amines is 1. The van der Waals surface area contributed by atoms with Gasteiger partial charge in [-0.2, -0.15) is 4.98 Å². The Balaban J connectivity index is 1.77. The SMILES string of the molecule is Nc1nc2c(ncn2C[C@@H]2CC[C@@H](O[P+](=O)O)O2)c(=O)[nH]1. The molecule has 1 saturated heterocycles. The Kier molecular flexibility index (Phi) is 3.68. The molecule has 1 unspecified atom stereocenters. The van der Waals surface area contributed by atoms with Crippen molar-refractivity contribution in [2.45, 2.75) is 31.8 Å². The number of H-pyrrole nitrogens is 1. The van der Waals surface area contributed by atoms with Crippen LogP contribution in [0.15, 0.2) is 11.1 Å². The molecule has 3 atom stereocenters. The largest absolute Gasteiger partial charge is 0.697 e. The second-order valence-electron chi connectivity index (χ2n) is 4.63. The minimum atomic E-state index is -2.69. The fourth-order valence-electron chi connectivity index (χ4n) is 2.31. The maximum absolute atomic E-state index is 11.7. The van der Waals surface area contributed by atoms with Crippen LogP contribution < -0.4 is 11.3 Å². The third-order valence-corrected chi connectivity index (χ3v) is 3.59. The number of nitrogens with two attached hydrogens (primary N) is 1. The molecule has 0 spiro atoms. The van der Waals surface area contributed by atoms with Gasteiger partial charge < -0.3 is 15.0 Å². The summed E-state index contributed by atoms with van der Waals surface area (Å²) in [5, 5.41) is 0. The second-order valence-corrected chi connectivity index (χ2v) is 5.32. The summed E-state index contributed by atoms with van der Waals surface area (Å²) in [5.41, 5.74) is 5.69. The molecule has 0 aliphatic carbocycles. The van der Waals surface area contributed by atoms with Gasteiger partial charge in [0.05, 0.1) is 19.0 Å². The van der Waals surface area contributed by atoms with E-state index in [1.165, 1.54) is 6.33 Å². The Morgan fingerprint density at radius 2 is 2.43 bits per heavy atom. The average molecular weight is 314 g/mol. The minimum absolute atomic E-state index is 0.0140. The smallest absolute Gasteiger partial charge is 0.369 e. The molecule has 0 saturated carbocycles. The summed E-state index contributed by atoms with van der Waals surface area (Å²) in [4.78, 5) is 30.8. The molecule has 4 N–H and O–H groups in total. The monoisotopic (exact) mass is 314 g/mol. The van der Waals surface area contributed by atoms with Crippen molar-refractivity contribution < 1.29 is 18.7 Å². The number of nitrogens with one attached hydrogen (secondary N) is 1. The number of nitrogen functional groups attached to an aromatic ring is 1. The van der Waals surface area contributed by atoms with Crippen LogP contribution >= 0.6 is 8.25 Å². The molecule has 3 rings (SSSR count). The van der Waals surface area contributed by atoms with E-state index in [1.54, 1.807) is 4.57 Å². The Labute approximate surface area is 118 Å². The molecule has 112 valence electrons. The first-order valence-corrected chi connectivity index (χ1v) is 7.35. The van der Waals surface area contributed by atoms with Crippen LogP contribution in [0, 0.1) is 0 Å². The summed E-state index contributed by atoms with van der Waals surface area (Å²) in [6, 6.07) is 0. The molecule has 10 nitrogen and oxygen atoms in total. The maximum atomic E-state index is 11.7. The number of hydrogen-bond donors (Lipinski definition) is 3. The Morgan fingerprint density at radius 3 is 3.19 bits per heavy atom. The number of nitrogens with zero attached hydrogens (tertiary/aromatic N) is 3. The van der Waals surface area contributed by atoms with E-state index in [9.17, 15) is 9.36 Å². The average Bonchev–Trinajstić information content (AvgIpc) is 2.97. The van der Waals surface area contributed by atoms with E-state index >= 15 is 0 Å². The van der Waals surface area contributed by atoms with Gasteiger partial charge in [0.2, 0.25) is 12.2 Å². The van der Waals surface area contributed by atoms with Crippen molar-refractivity contribution >= 4 is 25.4 Å². The summed E-state index contributed by atoms with van der Waals surface area (Å²) in [5.74, 6) is 0.0140. The summed E-state index contributed by atoms with van der Waals surface area (Å²) < 4.78 is 22.5. The van der Waals surface area contributed by atoms with Crippen molar-refractivity contribution in [1.29, 1.82) is 0 Å². The molecule has 2 aromatic heterocycles. The molecular formula is C10H13N5O5P+. The van der Waals surface area contributed by atoms with Gasteiger partial charge in [0, 0.05) is 11.0 Å². The van der Waals surface area contributed by atoms with Crippen molar-refractivity contribution in [2.75, 3.05) is 5.73 Å². The molecule has 21 heavy (non-hydrogen) atoms. The summed E-state index contributed by atoms with van der Waals surface area (Å²) >= 11 is 0. The van der Waals surface area contributed by atoms with E-state index in [0.29, 0.717) is 25.0 Å². The van der Waals surface area contributed by atoms with E-state index in [1.807, 2.05) is 0 Å². The molecule has 0 radical (unpaired) electrons. The standard InChI is InChI=1S/C10H12N5O5P/c11-10-13-8-7(9(16)14-10)12-4-15(8)3-5-1-2-6(19-5)20-21(17)18/h4-6H,1-3H2,(H3-,11,13,14,16,17,18)/p+1/t5-,6+/m0/s1. The zero-order valence-electron chi connectivity index (χ0n) is 10.8. The number of rotatable bonds is 4. The van der Waals surface area contributed by atoms with E-state index in [-0.39, 0.29) is 17.6 Å². The summed E-state index contributed by atoms with van der Waals surface area (Å²) in [7, 11) is -2.69. The van der Waals surface area contributed by atoms with Crippen LogP contribution in [0.2, 0.25) is 0 Å². The van der Waals surface area contributed by atoms with Crippen LogP contribution in [-0.2, 0) is 20.4 Å². The van der Waals surface area contributed by atoms with Crippen LogP contribution in [0.25, 0.3) is 11.2 Å². The van der Waals surface area contributed by atoms with Gasteiger partial charge in [-0.15, -0.1) is 4.89 Å². The number of fused-ring (bicyclic) bond motifs is 1. The van der Waals surface area contributed by atoms with Crippen molar-refractivity contribution in [3.8, 4) is 0 Å². The quantitative estimate of drug-likeness (QED) is 0.662. The topological polar surface area (TPSA) is 145 Å². The Morgan fingerprint density at radius 1 is 1.62 bits per heavy atom. The van der Waals surface area contributed by atoms with Gasteiger partial charge >= 0.3 is 8.25 Å². The van der Waals surface area contributed by atoms with Gasteiger partial charge in [-0.05, 0) is 6.42 Å². The molecule has 0 bridgehead atoms. The van der Waals surface area contributed by atoms with Crippen molar-refractivity contribution in [1.82, 2.24) is 19.5 Å². The first-order valence-electron chi connectivity index (χ1n) is 6.22. The summed E-state index contributed by atoms with van der Waals surface area (Å²) in [6.07, 6.45) is 1.75. The predicted octanol–water partition coefficient (Wildman–Crippen LogP) is -0.127. The lowest BCUT2D eigenvalue weighted by Gasteiger charge is -2.11. The number of ether oxygens (including phenoxy) is 1. The molecule has 1 aliphatic rings. The molecule has 0 amide bonds. The normalized spacial score (nSPS) is 22.8. The first kappa shape index (κ1) is 14.1. The van der Waals surface area contributed by atoms with E-state index in [4.69, 9.17) is 19.9 Å². The maximum Gasteiger partial charge on any atom is 0.697 e. The Bertz CT molecular complexity index is 743. The van der Waals surface area contributed by atoms with Gasteiger partial charge in [-0.25, -0.2) is 4.98 Å². The van der Waals surface area contributed by atoms with Crippen molar-refractivity contribution in [3.05, 3.63) is 16.7 Å². The fraction of sp³-hybridized carbons (Fsp3) is 0.500. The molecule has 0 aromatic carbocycles. The van der Waals surface area contributed by atoms with E-state index in [2.05, 4.69) is 15.0 Å². The zero-order valence-corrected chi connectivity index (χ0v) is 11.7. The van der Waals surface area contributed by atoms with Crippen molar-refractivity contribution in [2.24, 2.45) is 0 Å². The van der Waals surface area contributed by atoms with Crippen LogP contribution in [-0.4, -0.2) is 36.8 Å². The number of imidazole rings is 1. The van der Waals surface area contributed by atoms with E-state index in [0.717, 1.165) is 0 Å². The van der Waals surface area contributed by atoms with Crippen LogP contribution in [0.4, 0.5) is 5.95 Å². The highest BCUT2D eigenvalue weighted by molar-refractivity contribution is 7.32. The number of hydrogen-bond acceptors (Lipinski definition) is 7. The zero-order chi connectivity index (χ0) is 15.0. The molecule has 3 heterocycles. The molecular weight excluding hydrogens is 301 g/mol. The van der Waals surface area contributed by atoms with Gasteiger partial charge in [-0.1, -0.05) is 4.52 Å². The highest BCUT2D eigenvalue weighted by atomic mass is 31.1. The van der Waals surface area contributed by atoms with Crippen molar-refractivity contribution in [3.63, 3.8) is 0 Å². The van der Waals surface area contributed by atoms with Gasteiger partial charge in [0.1, 0.15) is 0 Å². The Hall–Kier alpha value is -1.87. The molecule has 1 aliphatic heterocycles. The second kappa shape index (κ2) is 5.49. The van der Waals surface area contributed by atoms with E-state index < -0.39 is 20.1 Å². The lowest BCUT2D eigenvalue weighted by Crippen LogP contribution is -2.18. The molecule has 2 aromatic rings. The third-order valence-electron chi connectivity index (χ3n) is 3.17. The number of anilines is 1. The lowest BCUT2D eigenvalue weighted by atomic mass is 10.2. The minimum Gasteiger partial charge on any atom is -0.369 e. The summed E-state index contributed by atoms with van der Waals surface area (Å²) in [6.45, 7) is 0.397. The van der Waals surface area contributed by atoms with Gasteiger partial charge in [-0.3, -0.25) is 9.78 Å².